The molecule has 0 aromatic carbocycles. The standard InChI is InChI=1S/C9H16N2O2.C2H6/c1-4-8(5-9(10)11-3)13-6-7(2)12;1-2/h4-5,7,12H,1,6H2,2-3H3,(H2,10,11);1-2H3/b8-5+;. The van der Waals surface area contributed by atoms with E-state index in [0.29, 0.717) is 11.6 Å². The number of aliphatic hydroxyl groups excluding tert-OH is 1. The Morgan fingerprint density at radius 2 is 2.13 bits per heavy atom. The Morgan fingerprint density at radius 3 is 2.47 bits per heavy atom. The quantitative estimate of drug-likeness (QED) is 0.315. The number of allylic oxidation sites excluding steroid dienone is 1. The second kappa shape index (κ2) is 10.8. The third-order valence-electron chi connectivity index (χ3n) is 1.24. The number of aliphatic imine (C=N–C) groups is 1. The first-order valence-corrected chi connectivity index (χ1v) is 4.97. The van der Waals surface area contributed by atoms with Gasteiger partial charge in [0.15, 0.2) is 0 Å². The maximum absolute atomic E-state index is 8.94. The number of nitrogens with zero attached hydrogens (tertiary/aromatic N) is 1. The molecule has 0 radical (unpaired) electrons. The number of hydrogen-bond acceptors (Lipinski definition) is 3. The van der Waals surface area contributed by atoms with E-state index in [2.05, 4.69) is 11.6 Å². The third-order valence-corrected chi connectivity index (χ3v) is 1.24. The molecule has 0 aliphatic rings. The van der Waals surface area contributed by atoms with Crippen LogP contribution in [0.15, 0.2) is 29.5 Å². The SMILES string of the molecule is C=C/C(=C\C(N)=NC)OCC(C)O.CC. The van der Waals surface area contributed by atoms with Crippen molar-refractivity contribution in [3.05, 3.63) is 24.5 Å². The Kier molecular flexibility index (Phi) is 11.6. The summed E-state index contributed by atoms with van der Waals surface area (Å²) in [5, 5.41) is 8.94. The summed E-state index contributed by atoms with van der Waals surface area (Å²) in [7, 11) is 1.58. The molecule has 1 atom stereocenters. The first-order valence-electron chi connectivity index (χ1n) is 4.97. The van der Waals surface area contributed by atoms with Gasteiger partial charge in [-0.1, -0.05) is 20.4 Å². The van der Waals surface area contributed by atoms with E-state index < -0.39 is 6.10 Å². The highest BCUT2D eigenvalue weighted by molar-refractivity contribution is 5.91. The Morgan fingerprint density at radius 1 is 1.60 bits per heavy atom. The predicted molar refractivity (Wildman–Crippen MR) is 64.8 cm³/mol. The molecule has 0 saturated carbocycles. The van der Waals surface area contributed by atoms with Crippen LogP contribution in [0, 0.1) is 0 Å². The van der Waals surface area contributed by atoms with Crippen LogP contribution < -0.4 is 5.73 Å². The van der Waals surface area contributed by atoms with Crippen molar-refractivity contribution in [1.29, 1.82) is 0 Å². The van der Waals surface area contributed by atoms with Crippen LogP contribution in [0.25, 0.3) is 0 Å². The normalized spacial score (nSPS) is 13.7. The molecule has 0 heterocycles. The molecule has 15 heavy (non-hydrogen) atoms. The minimum atomic E-state index is -0.511. The van der Waals surface area contributed by atoms with Gasteiger partial charge in [-0.05, 0) is 13.0 Å². The number of aliphatic hydroxyl groups is 1. The van der Waals surface area contributed by atoms with Crippen LogP contribution in [0.1, 0.15) is 20.8 Å². The molecule has 0 aliphatic carbocycles. The fourth-order valence-electron chi connectivity index (χ4n) is 0.587. The minimum absolute atomic E-state index is 0.217. The summed E-state index contributed by atoms with van der Waals surface area (Å²) in [5.41, 5.74) is 5.44. The Balaban J connectivity index is 0. The van der Waals surface area contributed by atoms with Crippen molar-refractivity contribution in [2.24, 2.45) is 10.7 Å². The molecule has 0 rings (SSSR count). The van der Waals surface area contributed by atoms with Crippen LogP contribution >= 0.6 is 0 Å². The largest absolute Gasteiger partial charge is 0.491 e. The summed E-state index contributed by atoms with van der Waals surface area (Å²) in [6.45, 7) is 9.39. The number of ether oxygens (including phenoxy) is 1. The van der Waals surface area contributed by atoms with E-state index in [1.165, 1.54) is 6.08 Å². The second-order valence-electron chi connectivity index (χ2n) is 2.56. The van der Waals surface area contributed by atoms with E-state index in [4.69, 9.17) is 15.6 Å². The zero-order chi connectivity index (χ0) is 12.3. The lowest BCUT2D eigenvalue weighted by Gasteiger charge is -2.08. The van der Waals surface area contributed by atoms with Gasteiger partial charge in [0, 0.05) is 13.1 Å². The van der Waals surface area contributed by atoms with Gasteiger partial charge in [-0.25, -0.2) is 0 Å². The Labute approximate surface area is 92.2 Å². The Bertz CT molecular complexity index is 221. The molecule has 0 aromatic heterocycles. The maximum Gasteiger partial charge on any atom is 0.122 e. The van der Waals surface area contributed by atoms with Gasteiger partial charge in [-0.3, -0.25) is 4.99 Å². The van der Waals surface area contributed by atoms with E-state index in [9.17, 15) is 0 Å². The van der Waals surface area contributed by atoms with Crippen molar-refractivity contribution in [3.63, 3.8) is 0 Å². The summed E-state index contributed by atoms with van der Waals surface area (Å²) < 4.78 is 5.16. The molecule has 4 heteroatoms. The zero-order valence-corrected chi connectivity index (χ0v) is 10.0. The van der Waals surface area contributed by atoms with Gasteiger partial charge in [-0.15, -0.1) is 0 Å². The summed E-state index contributed by atoms with van der Waals surface area (Å²) in [6.07, 6.45) is 2.55. The van der Waals surface area contributed by atoms with Crippen molar-refractivity contribution in [2.75, 3.05) is 13.7 Å². The highest BCUT2D eigenvalue weighted by atomic mass is 16.5. The minimum Gasteiger partial charge on any atom is -0.491 e. The van der Waals surface area contributed by atoms with Crippen LogP contribution in [-0.4, -0.2) is 30.7 Å². The van der Waals surface area contributed by atoms with Crippen molar-refractivity contribution in [1.82, 2.24) is 0 Å². The van der Waals surface area contributed by atoms with E-state index in [1.807, 2.05) is 13.8 Å². The molecule has 3 N–H and O–H groups in total. The molecule has 0 aliphatic heterocycles. The van der Waals surface area contributed by atoms with Crippen LogP contribution in [0.5, 0.6) is 0 Å². The lowest BCUT2D eigenvalue weighted by Crippen LogP contribution is -2.12. The topological polar surface area (TPSA) is 67.8 Å². The molecule has 0 bridgehead atoms. The average Bonchev–Trinajstić information content (AvgIpc) is 2.26. The van der Waals surface area contributed by atoms with Crippen LogP contribution in [0.4, 0.5) is 0 Å². The van der Waals surface area contributed by atoms with Gasteiger partial charge in [0.25, 0.3) is 0 Å². The van der Waals surface area contributed by atoms with E-state index in [-0.39, 0.29) is 6.61 Å². The summed E-state index contributed by atoms with van der Waals surface area (Å²) in [4.78, 5) is 3.73. The van der Waals surface area contributed by atoms with Gasteiger partial charge >= 0.3 is 0 Å². The molecule has 0 saturated heterocycles. The van der Waals surface area contributed by atoms with Crippen molar-refractivity contribution < 1.29 is 9.84 Å². The van der Waals surface area contributed by atoms with Crippen LogP contribution in [0.3, 0.4) is 0 Å². The predicted octanol–water partition coefficient (Wildman–Crippen LogP) is 1.47. The number of rotatable bonds is 5. The first kappa shape index (κ1) is 16.2. The molecule has 0 aromatic rings. The van der Waals surface area contributed by atoms with E-state index in [1.54, 1.807) is 20.0 Å². The monoisotopic (exact) mass is 214 g/mol. The molecular weight excluding hydrogens is 192 g/mol. The lowest BCUT2D eigenvalue weighted by molar-refractivity contribution is 0.0885. The van der Waals surface area contributed by atoms with Crippen LogP contribution in [0.2, 0.25) is 0 Å². The molecule has 1 unspecified atom stereocenters. The molecular formula is C11H22N2O2. The molecule has 88 valence electrons. The van der Waals surface area contributed by atoms with E-state index in [0.717, 1.165) is 0 Å². The fraction of sp³-hybridized carbons (Fsp3) is 0.545. The number of hydrogen-bond donors (Lipinski definition) is 2. The molecule has 0 spiro atoms. The highest BCUT2D eigenvalue weighted by Gasteiger charge is 1.98. The zero-order valence-electron chi connectivity index (χ0n) is 10.0. The third kappa shape index (κ3) is 10.6. The summed E-state index contributed by atoms with van der Waals surface area (Å²) in [6, 6.07) is 0. The Hall–Kier alpha value is -1.29. The van der Waals surface area contributed by atoms with Crippen molar-refractivity contribution in [3.8, 4) is 0 Å². The van der Waals surface area contributed by atoms with E-state index >= 15 is 0 Å². The number of amidine groups is 1. The summed E-state index contributed by atoms with van der Waals surface area (Å²) in [5.74, 6) is 0.865. The summed E-state index contributed by atoms with van der Waals surface area (Å²) >= 11 is 0. The average molecular weight is 214 g/mol. The molecule has 0 fully saturated rings. The van der Waals surface area contributed by atoms with Crippen molar-refractivity contribution in [2.45, 2.75) is 26.9 Å². The van der Waals surface area contributed by atoms with Gasteiger partial charge in [0.1, 0.15) is 18.2 Å². The first-order chi connectivity index (χ1) is 7.10. The fourth-order valence-corrected chi connectivity index (χ4v) is 0.587. The van der Waals surface area contributed by atoms with Gasteiger partial charge in [0.05, 0.1) is 6.10 Å². The lowest BCUT2D eigenvalue weighted by atomic mass is 10.4. The molecule has 4 nitrogen and oxygen atoms in total. The maximum atomic E-state index is 8.94. The van der Waals surface area contributed by atoms with Crippen molar-refractivity contribution >= 4 is 5.84 Å². The van der Waals surface area contributed by atoms with Gasteiger partial charge < -0.3 is 15.6 Å². The number of nitrogens with two attached hydrogens (primary N) is 1. The second-order valence-corrected chi connectivity index (χ2v) is 2.56. The molecule has 0 amide bonds. The van der Waals surface area contributed by atoms with Gasteiger partial charge in [0.2, 0.25) is 0 Å². The van der Waals surface area contributed by atoms with Crippen LogP contribution in [-0.2, 0) is 4.74 Å². The highest BCUT2D eigenvalue weighted by Crippen LogP contribution is 1.99. The smallest absolute Gasteiger partial charge is 0.122 e. The van der Waals surface area contributed by atoms with Gasteiger partial charge in [-0.2, -0.15) is 0 Å².